The molecule has 1 aromatic rings. The number of ketones is 1. The molecule has 0 spiro atoms. The Bertz CT molecular complexity index is 822. The molecule has 1 heterocycles. The first kappa shape index (κ1) is 21.0. The zero-order valence-corrected chi connectivity index (χ0v) is 17.8. The molecular formula is C22H31NO5S. The smallest absolute Gasteiger partial charge is 0.264 e. The molecule has 2 bridgehead atoms. The topological polar surface area (TPSA) is 83.9 Å². The molecule has 1 saturated heterocycles. The summed E-state index contributed by atoms with van der Waals surface area (Å²) in [6, 6.07) is 9.35. The summed E-state index contributed by atoms with van der Waals surface area (Å²) in [6.07, 6.45) is 6.49. The molecule has 0 aromatic heterocycles. The molecule has 4 rings (SSSR count). The number of piperidine rings is 1. The summed E-state index contributed by atoms with van der Waals surface area (Å²) in [7, 11) is -3.49. The predicted octanol–water partition coefficient (Wildman–Crippen LogP) is 2.32. The Hall–Kier alpha value is -1.28. The molecule has 3 fully saturated rings. The Kier molecular flexibility index (Phi) is 5.86. The third-order valence-electron chi connectivity index (χ3n) is 7.06. The molecule has 7 heteroatoms. The van der Waals surface area contributed by atoms with Crippen LogP contribution in [0.5, 0.6) is 0 Å². The lowest BCUT2D eigenvalue weighted by Crippen LogP contribution is -2.52. The summed E-state index contributed by atoms with van der Waals surface area (Å²) in [5.74, 6) is 0.0536. The van der Waals surface area contributed by atoms with E-state index in [0.717, 1.165) is 44.8 Å². The lowest BCUT2D eigenvalue weighted by Gasteiger charge is -2.39. The van der Waals surface area contributed by atoms with Crippen molar-refractivity contribution in [2.75, 3.05) is 25.9 Å². The van der Waals surface area contributed by atoms with E-state index in [-0.39, 0.29) is 36.2 Å². The number of aliphatic hydroxyl groups is 1. The second kappa shape index (κ2) is 8.10. The maximum absolute atomic E-state index is 13.4. The lowest BCUT2D eigenvalue weighted by atomic mass is 9.76. The maximum Gasteiger partial charge on any atom is 0.264 e. The lowest BCUT2D eigenvalue weighted by molar-refractivity contribution is -0.147. The van der Waals surface area contributed by atoms with Gasteiger partial charge in [0.15, 0.2) is 11.4 Å². The van der Waals surface area contributed by atoms with Gasteiger partial charge in [0.2, 0.25) is 0 Å². The Balaban J connectivity index is 1.49. The van der Waals surface area contributed by atoms with Crippen LogP contribution in [0.1, 0.15) is 44.1 Å². The van der Waals surface area contributed by atoms with Gasteiger partial charge in [0.05, 0.1) is 18.9 Å². The van der Waals surface area contributed by atoms with Crippen molar-refractivity contribution in [1.29, 1.82) is 0 Å². The Morgan fingerprint density at radius 3 is 2.24 bits per heavy atom. The molecular weight excluding hydrogens is 390 g/mol. The number of rotatable bonds is 7. The third-order valence-corrected chi connectivity index (χ3v) is 7.63. The van der Waals surface area contributed by atoms with E-state index in [4.69, 9.17) is 4.18 Å². The molecule has 1 aromatic carbocycles. The van der Waals surface area contributed by atoms with Crippen molar-refractivity contribution < 1.29 is 22.5 Å². The van der Waals surface area contributed by atoms with Gasteiger partial charge in [-0.1, -0.05) is 43.2 Å². The summed E-state index contributed by atoms with van der Waals surface area (Å²) in [5, 5.41) is 11.7. The first-order chi connectivity index (χ1) is 13.8. The van der Waals surface area contributed by atoms with Crippen LogP contribution in [-0.4, -0.2) is 56.2 Å². The number of fused-ring (bicyclic) bond motifs is 2. The molecule has 3 atom stereocenters. The number of carbonyl (C=O) groups excluding carboxylic acids is 1. The van der Waals surface area contributed by atoms with Crippen LogP contribution in [0.4, 0.5) is 0 Å². The number of benzene rings is 1. The fourth-order valence-corrected chi connectivity index (χ4v) is 6.46. The van der Waals surface area contributed by atoms with E-state index in [9.17, 15) is 18.3 Å². The van der Waals surface area contributed by atoms with E-state index in [2.05, 4.69) is 4.90 Å². The minimum atomic E-state index is -3.49. The molecule has 0 radical (unpaired) electrons. The molecule has 2 aliphatic carbocycles. The van der Waals surface area contributed by atoms with Crippen LogP contribution in [0.2, 0.25) is 0 Å². The Morgan fingerprint density at radius 2 is 1.69 bits per heavy atom. The van der Waals surface area contributed by atoms with E-state index in [1.807, 2.05) is 30.3 Å². The third kappa shape index (κ3) is 4.29. The molecule has 3 unspecified atom stereocenters. The minimum Gasteiger partial charge on any atom is -0.377 e. The van der Waals surface area contributed by atoms with E-state index in [0.29, 0.717) is 18.7 Å². The number of hydrogen-bond acceptors (Lipinski definition) is 6. The molecule has 2 saturated carbocycles. The number of nitrogens with zero attached hydrogens (tertiary/aromatic N) is 1. The molecule has 0 amide bonds. The van der Waals surface area contributed by atoms with Crippen molar-refractivity contribution in [3.05, 3.63) is 35.9 Å². The number of likely N-dealkylation sites (tertiary alicyclic amines) is 1. The molecule has 3 aliphatic rings. The Morgan fingerprint density at radius 1 is 1.10 bits per heavy atom. The van der Waals surface area contributed by atoms with Crippen molar-refractivity contribution in [3.8, 4) is 0 Å². The summed E-state index contributed by atoms with van der Waals surface area (Å²) < 4.78 is 28.5. The highest BCUT2D eigenvalue weighted by atomic mass is 32.2. The highest BCUT2D eigenvalue weighted by Crippen LogP contribution is 2.43. The zero-order chi connectivity index (χ0) is 20.6. The quantitative estimate of drug-likeness (QED) is 0.681. The minimum absolute atomic E-state index is 0.0415. The zero-order valence-electron chi connectivity index (χ0n) is 17.0. The second-order valence-corrected chi connectivity index (χ2v) is 10.7. The Labute approximate surface area is 173 Å². The maximum atomic E-state index is 13.4. The predicted molar refractivity (Wildman–Crippen MR) is 110 cm³/mol. The van der Waals surface area contributed by atoms with Crippen LogP contribution in [-0.2, 0) is 24.7 Å². The number of carbonyl (C=O) groups is 1. The summed E-state index contributed by atoms with van der Waals surface area (Å²) >= 11 is 0. The number of hydrogen-bond donors (Lipinski definition) is 1. The molecule has 160 valence electrons. The van der Waals surface area contributed by atoms with Gasteiger partial charge in [-0.05, 0) is 49.0 Å². The van der Waals surface area contributed by atoms with Crippen molar-refractivity contribution in [2.24, 2.45) is 17.8 Å². The van der Waals surface area contributed by atoms with Gasteiger partial charge in [-0.2, -0.15) is 8.42 Å². The van der Waals surface area contributed by atoms with Crippen LogP contribution in [0.15, 0.2) is 30.3 Å². The van der Waals surface area contributed by atoms with Gasteiger partial charge in [0.1, 0.15) is 0 Å². The van der Waals surface area contributed by atoms with Gasteiger partial charge in [0, 0.05) is 13.1 Å². The van der Waals surface area contributed by atoms with Gasteiger partial charge in [-0.15, -0.1) is 0 Å². The second-order valence-electron chi connectivity index (χ2n) is 9.09. The van der Waals surface area contributed by atoms with Crippen LogP contribution in [0.3, 0.4) is 0 Å². The van der Waals surface area contributed by atoms with Crippen LogP contribution in [0.25, 0.3) is 0 Å². The summed E-state index contributed by atoms with van der Waals surface area (Å²) in [5.41, 5.74) is -0.758. The van der Waals surface area contributed by atoms with E-state index in [1.165, 1.54) is 0 Å². The molecule has 29 heavy (non-hydrogen) atoms. The van der Waals surface area contributed by atoms with Crippen LogP contribution < -0.4 is 0 Å². The SMILES string of the molecule is CS(=O)(=O)OC1C2CCC1CN(CC(=O)C(O)(c1ccccc1)C1CCCC1)C2. The van der Waals surface area contributed by atoms with Crippen molar-refractivity contribution in [3.63, 3.8) is 0 Å². The van der Waals surface area contributed by atoms with Crippen molar-refractivity contribution >= 4 is 15.9 Å². The monoisotopic (exact) mass is 421 g/mol. The summed E-state index contributed by atoms with van der Waals surface area (Å²) in [6.45, 7) is 1.47. The fourth-order valence-electron chi connectivity index (χ4n) is 5.74. The van der Waals surface area contributed by atoms with Gasteiger partial charge in [0.25, 0.3) is 10.1 Å². The van der Waals surface area contributed by atoms with Crippen molar-refractivity contribution in [2.45, 2.75) is 50.2 Å². The van der Waals surface area contributed by atoms with E-state index >= 15 is 0 Å². The largest absolute Gasteiger partial charge is 0.377 e. The number of Topliss-reactive ketones (excluding diaryl/α,β-unsaturated/α-hetero) is 1. The van der Waals surface area contributed by atoms with Crippen molar-refractivity contribution in [1.82, 2.24) is 4.90 Å². The molecule has 1 aliphatic heterocycles. The molecule has 1 N–H and O–H groups in total. The van der Waals surface area contributed by atoms with Crippen LogP contribution in [0, 0.1) is 17.8 Å². The highest BCUT2D eigenvalue weighted by Gasteiger charge is 2.49. The highest BCUT2D eigenvalue weighted by molar-refractivity contribution is 7.86. The standard InChI is InChI=1S/C22H31NO5S/c1-29(26,27)28-21-16-11-12-17(21)14-23(13-16)15-20(24)22(25,19-9-5-6-10-19)18-7-3-2-4-8-18/h2-4,7-8,16-17,19,21,25H,5-6,9-15H2,1H3. The first-order valence-electron chi connectivity index (χ1n) is 10.7. The van der Waals surface area contributed by atoms with E-state index < -0.39 is 15.7 Å². The fraction of sp³-hybridized carbons (Fsp3) is 0.682. The normalized spacial score (nSPS) is 30.3. The summed E-state index contributed by atoms with van der Waals surface area (Å²) in [4.78, 5) is 15.5. The van der Waals surface area contributed by atoms with Crippen LogP contribution >= 0.6 is 0 Å². The van der Waals surface area contributed by atoms with Gasteiger partial charge in [-0.25, -0.2) is 0 Å². The molecule has 6 nitrogen and oxygen atoms in total. The average Bonchev–Trinajstić information content (AvgIpc) is 3.28. The first-order valence-corrected chi connectivity index (χ1v) is 12.5. The van der Waals surface area contributed by atoms with E-state index in [1.54, 1.807) is 0 Å². The van der Waals surface area contributed by atoms with Gasteiger partial charge in [-0.3, -0.25) is 13.9 Å². The van der Waals surface area contributed by atoms with Gasteiger partial charge >= 0.3 is 0 Å². The average molecular weight is 422 g/mol. The van der Waals surface area contributed by atoms with Gasteiger partial charge < -0.3 is 5.11 Å².